The second-order valence-corrected chi connectivity index (χ2v) is 10.4. The molecule has 2 fully saturated rings. The summed E-state index contributed by atoms with van der Waals surface area (Å²) < 4.78 is 15.3. The van der Waals surface area contributed by atoms with Gasteiger partial charge in [0.25, 0.3) is 0 Å². The lowest BCUT2D eigenvalue weighted by molar-refractivity contribution is 0.312. The number of hydrogen-bond acceptors (Lipinski definition) is 7. The largest absolute Gasteiger partial charge is 0.352 e. The molecule has 0 atom stereocenters. The van der Waals surface area contributed by atoms with Crippen molar-refractivity contribution in [1.82, 2.24) is 39.9 Å². The molecule has 0 unspecified atom stereocenters. The van der Waals surface area contributed by atoms with E-state index in [0.717, 1.165) is 79.2 Å². The Morgan fingerprint density at radius 1 is 0.974 bits per heavy atom. The van der Waals surface area contributed by atoms with E-state index in [9.17, 15) is 0 Å². The number of imidazole rings is 1. The summed E-state index contributed by atoms with van der Waals surface area (Å²) in [6.45, 7) is 6.83. The van der Waals surface area contributed by atoms with E-state index in [1.54, 1.807) is 6.20 Å². The average molecular weight is 512 g/mol. The normalized spacial score (nSPS) is 17.3. The molecule has 194 valence electrons. The van der Waals surface area contributed by atoms with Crippen LogP contribution >= 0.6 is 0 Å². The first-order valence-electron chi connectivity index (χ1n) is 13.3. The fraction of sp³-hybridized carbons (Fsp3) is 0.357. The Bertz CT molecular complexity index is 1610. The lowest BCUT2D eigenvalue weighted by atomic mass is 10.0. The summed E-state index contributed by atoms with van der Waals surface area (Å²) in [7, 11) is 2.14. The third-order valence-electron chi connectivity index (χ3n) is 7.77. The number of piperazine rings is 1. The molecule has 9 nitrogen and oxygen atoms in total. The highest BCUT2D eigenvalue weighted by Crippen LogP contribution is 2.34. The van der Waals surface area contributed by atoms with Crippen LogP contribution in [0.1, 0.15) is 18.4 Å². The van der Waals surface area contributed by atoms with Crippen molar-refractivity contribution in [3.63, 3.8) is 0 Å². The molecule has 2 aliphatic rings. The zero-order chi connectivity index (χ0) is 25.6. The van der Waals surface area contributed by atoms with Crippen LogP contribution in [-0.2, 0) is 6.54 Å². The van der Waals surface area contributed by atoms with Gasteiger partial charge in [0.2, 0.25) is 0 Å². The number of fused-ring (bicyclic) bond motifs is 2. The molecule has 2 aliphatic heterocycles. The second-order valence-electron chi connectivity index (χ2n) is 10.4. The number of rotatable bonds is 5. The van der Waals surface area contributed by atoms with E-state index in [-0.39, 0.29) is 5.82 Å². The zero-order valence-corrected chi connectivity index (χ0v) is 21.4. The van der Waals surface area contributed by atoms with E-state index in [0.29, 0.717) is 22.6 Å². The van der Waals surface area contributed by atoms with E-state index in [1.165, 1.54) is 18.9 Å². The van der Waals surface area contributed by atoms with Gasteiger partial charge in [-0.2, -0.15) is 5.10 Å². The predicted molar refractivity (Wildman–Crippen MR) is 146 cm³/mol. The number of pyridine rings is 2. The minimum Gasteiger partial charge on any atom is -0.352 e. The van der Waals surface area contributed by atoms with Crippen molar-refractivity contribution < 1.29 is 4.39 Å². The van der Waals surface area contributed by atoms with Gasteiger partial charge in [-0.1, -0.05) is 0 Å². The molecule has 7 rings (SSSR count). The first-order valence-corrected chi connectivity index (χ1v) is 13.3. The van der Waals surface area contributed by atoms with Crippen LogP contribution in [0, 0.1) is 5.82 Å². The molecule has 2 N–H and O–H groups in total. The Balaban J connectivity index is 1.26. The number of aromatic amines is 2. The maximum Gasteiger partial charge on any atom is 0.159 e. The van der Waals surface area contributed by atoms with Gasteiger partial charge in [0.05, 0.1) is 11.0 Å². The first-order chi connectivity index (χ1) is 18.6. The summed E-state index contributed by atoms with van der Waals surface area (Å²) in [5, 5.41) is 8.32. The second kappa shape index (κ2) is 9.45. The van der Waals surface area contributed by atoms with Crippen molar-refractivity contribution in [3.8, 4) is 22.6 Å². The summed E-state index contributed by atoms with van der Waals surface area (Å²) in [4.78, 5) is 24.5. The number of anilines is 1. The minimum atomic E-state index is -0.306. The zero-order valence-electron chi connectivity index (χ0n) is 21.4. The van der Waals surface area contributed by atoms with Crippen LogP contribution in [-0.4, -0.2) is 86.2 Å². The van der Waals surface area contributed by atoms with Gasteiger partial charge < -0.3 is 14.8 Å². The van der Waals surface area contributed by atoms with Crippen LogP contribution < -0.4 is 4.90 Å². The molecule has 38 heavy (non-hydrogen) atoms. The minimum absolute atomic E-state index is 0.306. The van der Waals surface area contributed by atoms with Crippen molar-refractivity contribution in [2.45, 2.75) is 19.4 Å². The molecule has 0 aliphatic carbocycles. The van der Waals surface area contributed by atoms with Gasteiger partial charge in [-0.15, -0.1) is 0 Å². The molecule has 10 heteroatoms. The smallest absolute Gasteiger partial charge is 0.159 e. The number of hydrogen-bond donors (Lipinski definition) is 2. The van der Waals surface area contributed by atoms with Gasteiger partial charge in [0.15, 0.2) is 11.6 Å². The Labute approximate surface area is 219 Å². The summed E-state index contributed by atoms with van der Waals surface area (Å²) >= 11 is 0. The monoisotopic (exact) mass is 511 g/mol. The molecule has 1 aromatic carbocycles. The Hall–Kier alpha value is -3.89. The molecule has 6 heterocycles. The number of likely N-dealkylation sites (tertiary alicyclic amines) is 1. The fourth-order valence-electron chi connectivity index (χ4n) is 5.64. The molecule has 0 spiro atoms. The number of H-pyrrole nitrogens is 2. The molecular formula is C28H30FN9. The maximum atomic E-state index is 15.3. The van der Waals surface area contributed by atoms with Crippen molar-refractivity contribution in [1.29, 1.82) is 0 Å². The van der Waals surface area contributed by atoms with Gasteiger partial charge in [0.1, 0.15) is 17.0 Å². The van der Waals surface area contributed by atoms with Crippen molar-refractivity contribution in [3.05, 3.63) is 54.2 Å². The van der Waals surface area contributed by atoms with Crippen LogP contribution in [0.25, 0.3) is 44.6 Å². The summed E-state index contributed by atoms with van der Waals surface area (Å²) in [5.74, 6) is 1.21. The fourth-order valence-corrected chi connectivity index (χ4v) is 5.64. The highest BCUT2D eigenvalue weighted by molar-refractivity contribution is 5.97. The summed E-state index contributed by atoms with van der Waals surface area (Å²) in [5.41, 5.74) is 5.37. The molecule has 0 saturated carbocycles. The third kappa shape index (κ3) is 4.19. The Morgan fingerprint density at radius 2 is 1.82 bits per heavy atom. The number of aromatic nitrogens is 6. The van der Waals surface area contributed by atoms with E-state index >= 15 is 4.39 Å². The molecule has 5 aromatic rings. The van der Waals surface area contributed by atoms with Gasteiger partial charge in [-0.05, 0) is 56.7 Å². The van der Waals surface area contributed by atoms with Crippen LogP contribution in [0.15, 0.2) is 42.9 Å². The van der Waals surface area contributed by atoms with E-state index in [2.05, 4.69) is 46.9 Å². The van der Waals surface area contributed by atoms with Crippen LogP contribution in [0.2, 0.25) is 0 Å². The van der Waals surface area contributed by atoms with Crippen LogP contribution in [0.3, 0.4) is 0 Å². The number of nitrogens with zero attached hydrogens (tertiary/aromatic N) is 7. The summed E-state index contributed by atoms with van der Waals surface area (Å²) in [6, 6.07) is 7.34. The van der Waals surface area contributed by atoms with Gasteiger partial charge >= 0.3 is 0 Å². The predicted octanol–water partition coefficient (Wildman–Crippen LogP) is 4.05. The molecule has 0 bridgehead atoms. The van der Waals surface area contributed by atoms with Crippen molar-refractivity contribution in [2.24, 2.45) is 0 Å². The van der Waals surface area contributed by atoms with Crippen molar-refractivity contribution in [2.75, 3.05) is 51.2 Å². The first kappa shape index (κ1) is 23.2. The lowest BCUT2D eigenvalue weighted by Crippen LogP contribution is -2.44. The van der Waals surface area contributed by atoms with Crippen LogP contribution in [0.4, 0.5) is 10.2 Å². The van der Waals surface area contributed by atoms with Crippen LogP contribution in [0.5, 0.6) is 0 Å². The molecule has 4 aromatic heterocycles. The highest BCUT2D eigenvalue weighted by Gasteiger charge is 2.22. The topological polar surface area (TPSA) is 92.9 Å². The number of benzene rings is 1. The van der Waals surface area contributed by atoms with Gasteiger partial charge in [0, 0.05) is 73.9 Å². The lowest BCUT2D eigenvalue weighted by Gasteiger charge is -2.33. The highest BCUT2D eigenvalue weighted by atomic mass is 19.1. The maximum absolute atomic E-state index is 15.3. The quantitative estimate of drug-likeness (QED) is 0.368. The van der Waals surface area contributed by atoms with Crippen molar-refractivity contribution >= 4 is 27.8 Å². The SMILES string of the molecule is CN1CCN(c2nccc3[nH]c(-c4n[nH]c5cc(F)c(-c6cncc(CN7CCCC7)c6)cc45)nc23)CC1. The Kier molecular flexibility index (Phi) is 5.78. The molecule has 0 amide bonds. The third-order valence-corrected chi connectivity index (χ3v) is 7.77. The number of likely N-dealkylation sites (N-methyl/N-ethyl adjacent to an activating group) is 1. The molecular weight excluding hydrogens is 481 g/mol. The number of nitrogens with one attached hydrogen (secondary N) is 2. The molecule has 0 radical (unpaired) electrons. The Morgan fingerprint density at radius 3 is 2.66 bits per heavy atom. The van der Waals surface area contributed by atoms with E-state index in [4.69, 9.17) is 4.98 Å². The summed E-state index contributed by atoms with van der Waals surface area (Å²) in [6.07, 6.45) is 7.89. The standard InChI is InChI=1S/C28H30FN9/c1-36-8-10-38(11-9-36)28-26-23(4-5-31-28)32-27(33-26)25-21-13-20(22(29)14-24(21)34-35-25)19-12-18(15-30-16-19)17-37-6-2-3-7-37/h4-5,12-16H,2-3,6-11,17H2,1H3,(H,32,33)(H,34,35). The van der Waals surface area contributed by atoms with E-state index in [1.807, 2.05) is 30.6 Å². The van der Waals surface area contributed by atoms with E-state index < -0.39 is 0 Å². The average Bonchev–Trinajstić information content (AvgIpc) is 3.68. The molecule has 2 saturated heterocycles. The van der Waals surface area contributed by atoms with Gasteiger partial charge in [-0.25, -0.2) is 14.4 Å². The van der Waals surface area contributed by atoms with Gasteiger partial charge in [-0.3, -0.25) is 15.0 Å². The number of halogens is 1.